The van der Waals surface area contributed by atoms with E-state index < -0.39 is 0 Å². The number of benzene rings is 1. The highest BCUT2D eigenvalue weighted by Crippen LogP contribution is 2.21. The molecule has 0 radical (unpaired) electrons. The minimum absolute atomic E-state index is 0.0128. The molecule has 0 spiro atoms. The second-order valence-corrected chi connectivity index (χ2v) is 5.52. The Morgan fingerprint density at radius 2 is 2.16 bits per heavy atom. The highest BCUT2D eigenvalue weighted by Gasteiger charge is 2.08. The largest absolute Gasteiger partial charge is 0.484 e. The number of anilines is 1. The van der Waals surface area contributed by atoms with Gasteiger partial charge in [0.15, 0.2) is 11.7 Å². The van der Waals surface area contributed by atoms with E-state index in [1.54, 1.807) is 0 Å². The summed E-state index contributed by atoms with van der Waals surface area (Å²) in [5, 5.41) is 3.35. The van der Waals surface area contributed by atoms with E-state index in [4.69, 9.17) is 4.74 Å². The molecule has 2 aromatic rings. The van der Waals surface area contributed by atoms with Crippen LogP contribution in [0.25, 0.3) is 0 Å². The molecule has 100 valence electrons. The van der Waals surface area contributed by atoms with Gasteiger partial charge in [0.05, 0.1) is 5.69 Å². The third-order valence-corrected chi connectivity index (χ3v) is 3.62. The summed E-state index contributed by atoms with van der Waals surface area (Å²) in [6.07, 6.45) is 0. The smallest absolute Gasteiger partial charge is 0.264 e. The molecule has 4 nitrogen and oxygen atoms in total. The molecule has 0 bridgehead atoms. The van der Waals surface area contributed by atoms with Crippen LogP contribution < -0.4 is 10.1 Å². The molecule has 0 fully saturated rings. The zero-order valence-corrected chi connectivity index (χ0v) is 12.0. The van der Waals surface area contributed by atoms with E-state index in [0.717, 1.165) is 16.1 Å². The summed E-state index contributed by atoms with van der Waals surface area (Å²) < 4.78 is 5.42. The Hall–Kier alpha value is -1.88. The van der Waals surface area contributed by atoms with E-state index in [2.05, 4.69) is 10.3 Å². The number of rotatable bonds is 4. The van der Waals surface area contributed by atoms with E-state index >= 15 is 0 Å². The van der Waals surface area contributed by atoms with Gasteiger partial charge in [-0.25, -0.2) is 4.98 Å². The normalized spacial score (nSPS) is 10.3. The summed E-state index contributed by atoms with van der Waals surface area (Å²) in [5.74, 6) is 0.497. The minimum Gasteiger partial charge on any atom is -0.484 e. The van der Waals surface area contributed by atoms with Gasteiger partial charge in [0, 0.05) is 4.88 Å². The first-order valence-electron chi connectivity index (χ1n) is 5.98. The summed E-state index contributed by atoms with van der Waals surface area (Å²) in [6.45, 7) is 5.87. The Labute approximate surface area is 116 Å². The molecule has 1 aromatic heterocycles. The zero-order valence-electron chi connectivity index (χ0n) is 11.2. The molecule has 0 aliphatic rings. The van der Waals surface area contributed by atoms with Crippen LogP contribution in [-0.4, -0.2) is 17.5 Å². The predicted octanol–water partition coefficient (Wildman–Crippen LogP) is 3.09. The molecule has 0 saturated carbocycles. The van der Waals surface area contributed by atoms with Crippen molar-refractivity contribution in [1.82, 2.24) is 4.98 Å². The second kappa shape index (κ2) is 5.84. The Balaban J connectivity index is 1.88. The molecule has 0 atom stereocenters. The van der Waals surface area contributed by atoms with E-state index in [9.17, 15) is 4.79 Å². The lowest BCUT2D eigenvalue weighted by Crippen LogP contribution is -2.20. The van der Waals surface area contributed by atoms with E-state index in [1.165, 1.54) is 11.3 Å². The average Bonchev–Trinajstić information content (AvgIpc) is 2.66. The Kier molecular flexibility index (Phi) is 4.16. The molecule has 2 rings (SSSR count). The molecule has 0 aliphatic carbocycles. The maximum Gasteiger partial charge on any atom is 0.264 e. The van der Waals surface area contributed by atoms with Crippen molar-refractivity contribution in [2.24, 2.45) is 0 Å². The first kappa shape index (κ1) is 13.5. The van der Waals surface area contributed by atoms with Crippen molar-refractivity contribution in [3.05, 3.63) is 40.4 Å². The van der Waals surface area contributed by atoms with Crippen molar-refractivity contribution in [2.45, 2.75) is 20.8 Å². The van der Waals surface area contributed by atoms with Gasteiger partial charge in [0.25, 0.3) is 5.91 Å². The van der Waals surface area contributed by atoms with Crippen LogP contribution in [0.1, 0.15) is 16.1 Å². The Morgan fingerprint density at radius 3 is 2.79 bits per heavy atom. The number of ether oxygens (including phenoxy) is 1. The van der Waals surface area contributed by atoms with E-state index in [0.29, 0.717) is 10.9 Å². The number of aromatic nitrogens is 1. The van der Waals surface area contributed by atoms with Gasteiger partial charge < -0.3 is 4.74 Å². The highest BCUT2D eigenvalue weighted by atomic mass is 32.1. The number of hydrogen-bond acceptors (Lipinski definition) is 4. The number of nitrogens with zero attached hydrogens (tertiary/aromatic N) is 1. The number of carbonyl (C=O) groups is 1. The molecule has 0 saturated heterocycles. The van der Waals surface area contributed by atoms with Crippen molar-refractivity contribution in [2.75, 3.05) is 11.9 Å². The standard InChI is InChI=1S/C14H16N2O2S/c1-9-5-4-6-12(7-9)18-8-13(17)16-14-15-10(2)11(3)19-14/h4-7H,8H2,1-3H3,(H,15,16,17). The van der Waals surface area contributed by atoms with Crippen LogP contribution in [0.2, 0.25) is 0 Å². The summed E-state index contributed by atoms with van der Waals surface area (Å²) in [5.41, 5.74) is 2.05. The summed E-state index contributed by atoms with van der Waals surface area (Å²) >= 11 is 1.47. The van der Waals surface area contributed by atoms with Crippen LogP contribution in [0.5, 0.6) is 5.75 Å². The summed E-state index contributed by atoms with van der Waals surface area (Å²) in [7, 11) is 0. The summed E-state index contributed by atoms with van der Waals surface area (Å²) in [4.78, 5) is 17.1. The van der Waals surface area contributed by atoms with Crippen molar-refractivity contribution in [3.8, 4) is 5.75 Å². The van der Waals surface area contributed by atoms with Crippen LogP contribution in [0.15, 0.2) is 24.3 Å². The quantitative estimate of drug-likeness (QED) is 0.933. The first-order chi connectivity index (χ1) is 9.04. The van der Waals surface area contributed by atoms with E-state index in [1.807, 2.05) is 45.0 Å². The van der Waals surface area contributed by atoms with Gasteiger partial charge in [-0.15, -0.1) is 11.3 Å². The summed E-state index contributed by atoms with van der Waals surface area (Å²) in [6, 6.07) is 7.60. The number of aryl methyl sites for hydroxylation is 3. The molecular formula is C14H16N2O2S. The zero-order chi connectivity index (χ0) is 13.8. The molecule has 0 aliphatic heterocycles. The molecule has 19 heavy (non-hydrogen) atoms. The van der Waals surface area contributed by atoms with Gasteiger partial charge in [-0.1, -0.05) is 12.1 Å². The maximum absolute atomic E-state index is 11.7. The fraction of sp³-hybridized carbons (Fsp3) is 0.286. The van der Waals surface area contributed by atoms with Crippen molar-refractivity contribution >= 4 is 22.4 Å². The number of thiazole rings is 1. The van der Waals surface area contributed by atoms with Crippen LogP contribution in [-0.2, 0) is 4.79 Å². The highest BCUT2D eigenvalue weighted by molar-refractivity contribution is 7.15. The molecule has 1 N–H and O–H groups in total. The maximum atomic E-state index is 11.7. The van der Waals surface area contributed by atoms with Gasteiger partial charge in [-0.2, -0.15) is 0 Å². The number of hydrogen-bond donors (Lipinski definition) is 1. The first-order valence-corrected chi connectivity index (χ1v) is 6.79. The lowest BCUT2D eigenvalue weighted by atomic mass is 10.2. The fourth-order valence-electron chi connectivity index (χ4n) is 1.54. The minimum atomic E-state index is -0.199. The topological polar surface area (TPSA) is 51.2 Å². The van der Waals surface area contributed by atoms with Crippen LogP contribution in [0.4, 0.5) is 5.13 Å². The number of nitrogens with one attached hydrogen (secondary N) is 1. The number of amides is 1. The third kappa shape index (κ3) is 3.79. The average molecular weight is 276 g/mol. The third-order valence-electron chi connectivity index (χ3n) is 2.63. The molecule has 1 amide bonds. The lowest BCUT2D eigenvalue weighted by Gasteiger charge is -2.06. The fourth-order valence-corrected chi connectivity index (χ4v) is 2.37. The van der Waals surface area contributed by atoms with E-state index in [-0.39, 0.29) is 12.5 Å². The molecule has 5 heteroatoms. The molecule has 0 unspecified atom stereocenters. The molecule has 1 heterocycles. The van der Waals surface area contributed by atoms with Crippen molar-refractivity contribution in [3.63, 3.8) is 0 Å². The molecular weight excluding hydrogens is 260 g/mol. The van der Waals surface area contributed by atoms with Crippen LogP contribution in [0.3, 0.4) is 0 Å². The van der Waals surface area contributed by atoms with Gasteiger partial charge in [-0.3, -0.25) is 10.1 Å². The predicted molar refractivity (Wildman–Crippen MR) is 76.9 cm³/mol. The van der Waals surface area contributed by atoms with Crippen molar-refractivity contribution < 1.29 is 9.53 Å². The van der Waals surface area contributed by atoms with Crippen molar-refractivity contribution in [1.29, 1.82) is 0 Å². The van der Waals surface area contributed by atoms with Gasteiger partial charge in [0.2, 0.25) is 0 Å². The number of carbonyl (C=O) groups excluding carboxylic acids is 1. The Morgan fingerprint density at radius 1 is 1.37 bits per heavy atom. The molecule has 1 aromatic carbocycles. The van der Waals surface area contributed by atoms with Crippen LogP contribution in [0, 0.1) is 20.8 Å². The monoisotopic (exact) mass is 276 g/mol. The SMILES string of the molecule is Cc1cccc(OCC(=O)Nc2nc(C)c(C)s2)c1. The van der Waals surface area contributed by atoms with Crippen LogP contribution >= 0.6 is 11.3 Å². The van der Waals surface area contributed by atoms with Gasteiger partial charge >= 0.3 is 0 Å². The van der Waals surface area contributed by atoms with Gasteiger partial charge in [-0.05, 0) is 38.5 Å². The van der Waals surface area contributed by atoms with Gasteiger partial charge in [0.1, 0.15) is 5.75 Å². The Bertz CT molecular complexity index is 573. The lowest BCUT2D eigenvalue weighted by molar-refractivity contribution is -0.118. The second-order valence-electron chi connectivity index (χ2n) is 4.31.